The number of carbonyl (C=O) groups excluding carboxylic acids is 1. The molecule has 1 heterocycles. The van der Waals surface area contributed by atoms with E-state index in [2.05, 4.69) is 5.32 Å². The van der Waals surface area contributed by atoms with Crippen LogP contribution in [0.15, 0.2) is 0 Å². The molecular weight excluding hydrogens is 244 g/mol. The van der Waals surface area contributed by atoms with Crippen LogP contribution in [0.2, 0.25) is 0 Å². The molecule has 0 radical (unpaired) electrons. The van der Waals surface area contributed by atoms with Gasteiger partial charge in [-0.15, -0.1) is 0 Å². The fourth-order valence-corrected chi connectivity index (χ4v) is 3.36. The van der Waals surface area contributed by atoms with Crippen LogP contribution in [0.3, 0.4) is 0 Å². The topological polar surface area (TPSA) is 69.6 Å². The molecular formula is C14H24N2O3. The summed E-state index contributed by atoms with van der Waals surface area (Å²) in [6.45, 7) is 1.88. The average molecular weight is 268 g/mol. The fourth-order valence-electron chi connectivity index (χ4n) is 3.36. The van der Waals surface area contributed by atoms with Gasteiger partial charge in [-0.3, -0.25) is 9.59 Å². The van der Waals surface area contributed by atoms with Gasteiger partial charge in [0.05, 0.1) is 11.8 Å². The van der Waals surface area contributed by atoms with E-state index in [1.807, 2.05) is 11.9 Å². The zero-order chi connectivity index (χ0) is 13.8. The maximum absolute atomic E-state index is 12.6. The van der Waals surface area contributed by atoms with E-state index in [0.29, 0.717) is 6.42 Å². The molecule has 0 spiro atoms. The molecule has 5 nitrogen and oxygen atoms in total. The van der Waals surface area contributed by atoms with Gasteiger partial charge in [-0.1, -0.05) is 12.8 Å². The molecule has 2 aliphatic rings. The molecule has 0 bridgehead atoms. The molecule has 2 rings (SSSR count). The van der Waals surface area contributed by atoms with Crippen molar-refractivity contribution in [3.8, 4) is 0 Å². The zero-order valence-corrected chi connectivity index (χ0v) is 11.6. The molecule has 1 saturated carbocycles. The summed E-state index contributed by atoms with van der Waals surface area (Å²) in [6.07, 6.45) is 5.20. The minimum absolute atomic E-state index is 0.0407. The lowest BCUT2D eigenvalue weighted by Gasteiger charge is -2.36. The van der Waals surface area contributed by atoms with Crippen LogP contribution in [0, 0.1) is 11.8 Å². The quantitative estimate of drug-likeness (QED) is 0.804. The van der Waals surface area contributed by atoms with E-state index < -0.39 is 11.9 Å². The maximum atomic E-state index is 12.6. The van der Waals surface area contributed by atoms with E-state index in [1.54, 1.807) is 0 Å². The number of carbonyl (C=O) groups is 2. The van der Waals surface area contributed by atoms with E-state index in [1.165, 1.54) is 0 Å². The molecule has 1 saturated heterocycles. The van der Waals surface area contributed by atoms with Crippen molar-refractivity contribution in [2.45, 2.75) is 44.6 Å². The largest absolute Gasteiger partial charge is 0.481 e. The second-order valence-electron chi connectivity index (χ2n) is 5.77. The number of aliphatic carboxylic acids is 1. The summed E-state index contributed by atoms with van der Waals surface area (Å²) in [4.78, 5) is 25.7. The molecule has 2 fully saturated rings. The first-order chi connectivity index (χ1) is 9.11. The van der Waals surface area contributed by atoms with E-state index in [9.17, 15) is 14.7 Å². The van der Waals surface area contributed by atoms with Crippen molar-refractivity contribution >= 4 is 11.9 Å². The molecule has 2 atom stereocenters. The Kier molecular flexibility index (Phi) is 4.80. The van der Waals surface area contributed by atoms with E-state index in [4.69, 9.17) is 0 Å². The SMILES string of the molecule is CN(C(=O)[C@@H]1CCCC[C@@H]1C(=O)O)C1CCNCC1. The molecule has 0 aromatic rings. The van der Waals surface area contributed by atoms with Crippen LogP contribution in [0.25, 0.3) is 0 Å². The lowest BCUT2D eigenvalue weighted by Crippen LogP contribution is -2.48. The number of nitrogens with one attached hydrogen (secondary N) is 1. The Hall–Kier alpha value is -1.10. The minimum atomic E-state index is -0.809. The molecule has 19 heavy (non-hydrogen) atoms. The van der Waals surface area contributed by atoms with Gasteiger partial charge in [-0.25, -0.2) is 0 Å². The third-order valence-electron chi connectivity index (χ3n) is 4.60. The standard InChI is InChI=1S/C14H24N2O3/c1-16(10-6-8-15-9-7-10)13(17)11-4-2-3-5-12(11)14(18)19/h10-12,15H,2-9H2,1H3,(H,18,19)/t11-,12+/m1/s1. The normalized spacial score (nSPS) is 28.9. The number of carboxylic acids is 1. The Morgan fingerprint density at radius 2 is 1.63 bits per heavy atom. The first kappa shape index (κ1) is 14.3. The Morgan fingerprint density at radius 1 is 1.05 bits per heavy atom. The van der Waals surface area contributed by atoms with Gasteiger partial charge >= 0.3 is 5.97 Å². The molecule has 1 aliphatic heterocycles. The van der Waals surface area contributed by atoms with Crippen molar-refractivity contribution in [3.63, 3.8) is 0 Å². The van der Waals surface area contributed by atoms with Crippen LogP contribution < -0.4 is 5.32 Å². The predicted octanol–water partition coefficient (Wildman–Crippen LogP) is 1.09. The number of rotatable bonds is 3. The first-order valence-electron chi connectivity index (χ1n) is 7.31. The molecule has 5 heteroatoms. The van der Waals surface area contributed by atoms with Gasteiger partial charge in [0.1, 0.15) is 0 Å². The van der Waals surface area contributed by atoms with Gasteiger partial charge in [0.2, 0.25) is 5.91 Å². The summed E-state index contributed by atoms with van der Waals surface area (Å²) < 4.78 is 0. The van der Waals surface area contributed by atoms with E-state index >= 15 is 0 Å². The molecule has 1 amide bonds. The van der Waals surface area contributed by atoms with Crippen LogP contribution in [-0.2, 0) is 9.59 Å². The van der Waals surface area contributed by atoms with Crippen molar-refractivity contribution in [2.75, 3.05) is 20.1 Å². The summed E-state index contributed by atoms with van der Waals surface area (Å²) in [5.41, 5.74) is 0. The molecule has 0 aromatic carbocycles. The van der Waals surface area contributed by atoms with Crippen molar-refractivity contribution < 1.29 is 14.7 Å². The van der Waals surface area contributed by atoms with Crippen LogP contribution in [0.5, 0.6) is 0 Å². The fraction of sp³-hybridized carbons (Fsp3) is 0.857. The van der Waals surface area contributed by atoms with Crippen molar-refractivity contribution in [1.82, 2.24) is 10.2 Å². The Labute approximate surface area is 114 Å². The van der Waals surface area contributed by atoms with Gasteiger partial charge in [0.15, 0.2) is 0 Å². The zero-order valence-electron chi connectivity index (χ0n) is 11.6. The summed E-state index contributed by atoms with van der Waals surface area (Å²) in [5, 5.41) is 12.6. The predicted molar refractivity (Wildman–Crippen MR) is 71.7 cm³/mol. The highest BCUT2D eigenvalue weighted by Crippen LogP contribution is 2.32. The minimum Gasteiger partial charge on any atom is -0.481 e. The summed E-state index contributed by atoms with van der Waals surface area (Å²) >= 11 is 0. The van der Waals surface area contributed by atoms with Crippen molar-refractivity contribution in [1.29, 1.82) is 0 Å². The number of hydrogen-bond acceptors (Lipinski definition) is 3. The Bertz CT molecular complexity index is 340. The van der Waals surface area contributed by atoms with Gasteiger partial charge in [0, 0.05) is 13.1 Å². The number of nitrogens with zero attached hydrogens (tertiary/aromatic N) is 1. The third-order valence-corrected chi connectivity index (χ3v) is 4.60. The second-order valence-corrected chi connectivity index (χ2v) is 5.77. The molecule has 108 valence electrons. The summed E-state index contributed by atoms with van der Waals surface area (Å²) in [6, 6.07) is 0.269. The monoisotopic (exact) mass is 268 g/mol. The van der Waals surface area contributed by atoms with Crippen molar-refractivity contribution in [2.24, 2.45) is 11.8 Å². The smallest absolute Gasteiger partial charge is 0.307 e. The lowest BCUT2D eigenvalue weighted by atomic mass is 9.78. The summed E-state index contributed by atoms with van der Waals surface area (Å²) in [7, 11) is 1.84. The lowest BCUT2D eigenvalue weighted by molar-refractivity contribution is -0.152. The van der Waals surface area contributed by atoms with Crippen LogP contribution in [-0.4, -0.2) is 48.1 Å². The van der Waals surface area contributed by atoms with Gasteiger partial charge < -0.3 is 15.3 Å². The van der Waals surface area contributed by atoms with E-state index in [-0.39, 0.29) is 17.9 Å². The maximum Gasteiger partial charge on any atom is 0.307 e. The molecule has 1 aliphatic carbocycles. The van der Waals surface area contributed by atoms with E-state index in [0.717, 1.165) is 45.2 Å². The number of amides is 1. The molecule has 0 unspecified atom stereocenters. The van der Waals surface area contributed by atoms with Crippen LogP contribution >= 0.6 is 0 Å². The number of carboxylic acid groups (broad SMARTS) is 1. The second kappa shape index (κ2) is 6.37. The van der Waals surface area contributed by atoms with Gasteiger partial charge in [0.25, 0.3) is 0 Å². The molecule has 2 N–H and O–H groups in total. The highest BCUT2D eigenvalue weighted by atomic mass is 16.4. The van der Waals surface area contributed by atoms with Gasteiger partial charge in [-0.05, 0) is 38.8 Å². The van der Waals surface area contributed by atoms with Crippen molar-refractivity contribution in [3.05, 3.63) is 0 Å². The average Bonchev–Trinajstić information content (AvgIpc) is 2.46. The van der Waals surface area contributed by atoms with Gasteiger partial charge in [-0.2, -0.15) is 0 Å². The number of piperidine rings is 1. The number of hydrogen-bond donors (Lipinski definition) is 2. The molecule has 0 aromatic heterocycles. The summed E-state index contributed by atoms with van der Waals surface area (Å²) in [5.74, 6) is -1.56. The highest BCUT2D eigenvalue weighted by Gasteiger charge is 2.38. The highest BCUT2D eigenvalue weighted by molar-refractivity contribution is 5.85. The Balaban J connectivity index is 2.01. The Morgan fingerprint density at radius 3 is 2.21 bits per heavy atom. The van der Waals surface area contributed by atoms with Crippen LogP contribution in [0.1, 0.15) is 38.5 Å². The third kappa shape index (κ3) is 3.26. The first-order valence-corrected chi connectivity index (χ1v) is 7.31. The van der Waals surface area contributed by atoms with Crippen LogP contribution in [0.4, 0.5) is 0 Å².